The second-order valence-corrected chi connectivity index (χ2v) is 5.10. The molecule has 0 spiro atoms. The molecule has 0 aliphatic rings. The zero-order valence-corrected chi connectivity index (χ0v) is 12.3. The molecule has 19 heavy (non-hydrogen) atoms. The Bertz CT molecular complexity index is 571. The number of carbonyl (C=O) groups is 1. The highest BCUT2D eigenvalue weighted by Crippen LogP contribution is 2.16. The Kier molecular flexibility index (Phi) is 4.35. The number of rotatable bonds is 4. The molecule has 0 radical (unpaired) electrons. The fourth-order valence-corrected chi connectivity index (χ4v) is 1.87. The maximum atomic E-state index is 10.8. The molecule has 6 nitrogen and oxygen atoms in total. The molecule has 0 amide bonds. The van der Waals surface area contributed by atoms with Gasteiger partial charge in [-0.3, -0.25) is 0 Å². The highest BCUT2D eigenvalue weighted by atomic mass is 127. The van der Waals surface area contributed by atoms with Crippen molar-refractivity contribution in [2.45, 2.75) is 19.3 Å². The van der Waals surface area contributed by atoms with Gasteiger partial charge in [0.15, 0.2) is 5.82 Å². The molecule has 1 N–H and O–H groups in total. The van der Waals surface area contributed by atoms with Crippen LogP contribution >= 0.6 is 22.6 Å². The van der Waals surface area contributed by atoms with Crippen molar-refractivity contribution in [2.75, 3.05) is 0 Å². The topological polar surface area (TPSA) is 88.9 Å². The summed E-state index contributed by atoms with van der Waals surface area (Å²) in [7, 11) is 0. The second kappa shape index (κ2) is 6.00. The Morgan fingerprint density at radius 1 is 1.21 bits per heavy atom. The molecule has 0 aliphatic heterocycles. The first-order chi connectivity index (χ1) is 9.06. The lowest BCUT2D eigenvalue weighted by Crippen LogP contribution is -2.08. The predicted molar refractivity (Wildman–Crippen MR) is 75.9 cm³/mol. The number of hydrogen-bond donors (Lipinski definition) is 1. The van der Waals surface area contributed by atoms with Gasteiger partial charge in [-0.15, -0.1) is 20.4 Å². The fraction of sp³-hybridized carbons (Fsp3) is 0.250. The van der Waals surface area contributed by atoms with Gasteiger partial charge in [0.1, 0.15) is 0 Å². The summed E-state index contributed by atoms with van der Waals surface area (Å²) in [6.45, 7) is 1.98. The zero-order chi connectivity index (χ0) is 13.8. The van der Waals surface area contributed by atoms with Crippen molar-refractivity contribution in [1.82, 2.24) is 20.4 Å². The molecule has 1 aromatic carbocycles. The first-order valence-electron chi connectivity index (χ1n) is 5.61. The Morgan fingerprint density at radius 3 is 2.32 bits per heavy atom. The van der Waals surface area contributed by atoms with Gasteiger partial charge in [0.25, 0.3) is 0 Å². The van der Waals surface area contributed by atoms with Gasteiger partial charge in [0.2, 0.25) is 3.83 Å². The molecule has 0 saturated carbocycles. The van der Waals surface area contributed by atoms with Crippen molar-refractivity contribution < 1.29 is 9.90 Å². The highest BCUT2D eigenvalue weighted by Gasteiger charge is 2.12. The summed E-state index contributed by atoms with van der Waals surface area (Å²) in [5, 5.41) is 24.5. The molecular weight excluding hydrogens is 359 g/mol. The van der Waals surface area contributed by atoms with E-state index in [9.17, 15) is 4.79 Å². The van der Waals surface area contributed by atoms with Gasteiger partial charge in [0.05, 0.1) is 5.56 Å². The molecule has 2 aromatic rings. The van der Waals surface area contributed by atoms with E-state index in [2.05, 4.69) is 20.4 Å². The maximum Gasteiger partial charge on any atom is 0.335 e. The summed E-state index contributed by atoms with van der Waals surface area (Å²) >= 11 is 1.95. The smallest absolute Gasteiger partial charge is 0.335 e. The van der Waals surface area contributed by atoms with E-state index in [0.717, 1.165) is 5.56 Å². The van der Waals surface area contributed by atoms with E-state index in [0.29, 0.717) is 16.1 Å². The average Bonchev–Trinajstić information content (AvgIpc) is 2.40. The average molecular weight is 370 g/mol. The van der Waals surface area contributed by atoms with Crippen LogP contribution in [0.4, 0.5) is 0 Å². The molecule has 2 rings (SSSR count). The predicted octanol–water partition coefficient (Wildman–Crippen LogP) is 1.92. The third-order valence-corrected chi connectivity index (χ3v) is 3.08. The summed E-state index contributed by atoms with van der Waals surface area (Å²) < 4.78 is 0.513. The largest absolute Gasteiger partial charge is 0.478 e. The molecule has 1 heterocycles. The minimum Gasteiger partial charge on any atom is -0.478 e. The summed E-state index contributed by atoms with van der Waals surface area (Å²) in [6, 6.07) is 6.78. The lowest BCUT2D eigenvalue weighted by molar-refractivity contribution is 0.0697. The SMILES string of the molecule is CC(Cc1ccc(C(=O)O)cc1)c1nnc(I)nn1. The molecule has 0 fully saturated rings. The van der Waals surface area contributed by atoms with Crippen molar-refractivity contribution in [1.29, 1.82) is 0 Å². The molecule has 7 heteroatoms. The van der Waals surface area contributed by atoms with E-state index in [1.54, 1.807) is 24.3 Å². The number of hydrogen-bond acceptors (Lipinski definition) is 5. The Hall–Kier alpha value is -1.64. The standard InChI is InChI=1S/C12H11IN4O2/c1-7(10-14-16-12(13)17-15-10)6-8-2-4-9(5-3-8)11(18)19/h2-5,7H,6H2,1H3,(H,18,19). The number of halogens is 1. The summed E-state index contributed by atoms with van der Waals surface area (Å²) in [6.07, 6.45) is 0.712. The van der Waals surface area contributed by atoms with E-state index >= 15 is 0 Å². The quantitative estimate of drug-likeness (QED) is 0.828. The minimum atomic E-state index is -0.922. The molecule has 1 atom stereocenters. The number of benzene rings is 1. The van der Waals surface area contributed by atoms with Gasteiger partial charge in [-0.05, 0) is 24.1 Å². The van der Waals surface area contributed by atoms with Crippen LogP contribution in [-0.4, -0.2) is 31.5 Å². The van der Waals surface area contributed by atoms with Crippen molar-refractivity contribution in [3.8, 4) is 0 Å². The summed E-state index contributed by atoms with van der Waals surface area (Å²) in [5.74, 6) is -0.260. The van der Waals surface area contributed by atoms with E-state index in [1.165, 1.54) is 0 Å². The number of carboxylic acids is 1. The van der Waals surface area contributed by atoms with E-state index in [4.69, 9.17) is 5.11 Å². The molecule has 0 aliphatic carbocycles. The highest BCUT2D eigenvalue weighted by molar-refractivity contribution is 14.1. The van der Waals surface area contributed by atoms with E-state index in [1.807, 2.05) is 29.5 Å². The van der Waals surface area contributed by atoms with Crippen molar-refractivity contribution in [3.05, 3.63) is 45.0 Å². The zero-order valence-electron chi connectivity index (χ0n) is 10.1. The van der Waals surface area contributed by atoms with Crippen molar-refractivity contribution in [2.24, 2.45) is 0 Å². The van der Waals surface area contributed by atoms with Crippen molar-refractivity contribution >= 4 is 28.6 Å². The van der Waals surface area contributed by atoms with Gasteiger partial charge in [-0.1, -0.05) is 19.1 Å². The van der Waals surface area contributed by atoms with E-state index < -0.39 is 5.97 Å². The van der Waals surface area contributed by atoms with Crippen molar-refractivity contribution in [3.63, 3.8) is 0 Å². The van der Waals surface area contributed by atoms with Gasteiger partial charge in [0, 0.05) is 28.5 Å². The number of nitrogens with zero attached hydrogens (tertiary/aromatic N) is 4. The second-order valence-electron chi connectivity index (χ2n) is 4.13. The lowest BCUT2D eigenvalue weighted by atomic mass is 9.99. The number of aromatic carboxylic acids is 1. The Labute approximate surface area is 123 Å². The maximum absolute atomic E-state index is 10.8. The number of carboxylic acid groups (broad SMARTS) is 1. The van der Waals surface area contributed by atoms with Crippen LogP contribution in [-0.2, 0) is 6.42 Å². The molecular formula is C12H11IN4O2. The van der Waals surface area contributed by atoms with Crippen LogP contribution in [0.15, 0.2) is 24.3 Å². The Morgan fingerprint density at radius 2 is 1.79 bits per heavy atom. The molecule has 0 bridgehead atoms. The third-order valence-electron chi connectivity index (χ3n) is 2.65. The molecule has 1 unspecified atom stereocenters. The van der Waals surface area contributed by atoms with Crippen LogP contribution in [0.3, 0.4) is 0 Å². The van der Waals surface area contributed by atoms with Crippen LogP contribution in [0.25, 0.3) is 0 Å². The normalized spacial score (nSPS) is 12.1. The van der Waals surface area contributed by atoms with Gasteiger partial charge in [-0.25, -0.2) is 4.79 Å². The molecule has 0 saturated heterocycles. The van der Waals surface area contributed by atoms with Crippen LogP contribution < -0.4 is 0 Å². The molecule has 1 aromatic heterocycles. The Balaban J connectivity index is 2.08. The number of aromatic nitrogens is 4. The monoisotopic (exact) mass is 370 g/mol. The third kappa shape index (κ3) is 3.66. The fourth-order valence-electron chi connectivity index (χ4n) is 1.65. The lowest BCUT2D eigenvalue weighted by Gasteiger charge is -2.08. The summed E-state index contributed by atoms with van der Waals surface area (Å²) in [5.41, 5.74) is 1.31. The van der Waals surface area contributed by atoms with Crippen LogP contribution in [0, 0.1) is 3.83 Å². The molecule has 98 valence electrons. The van der Waals surface area contributed by atoms with Crippen LogP contribution in [0.5, 0.6) is 0 Å². The minimum absolute atomic E-state index is 0.0766. The van der Waals surface area contributed by atoms with Crippen LogP contribution in [0.2, 0.25) is 0 Å². The first-order valence-corrected chi connectivity index (χ1v) is 6.69. The van der Waals surface area contributed by atoms with Gasteiger partial charge in [-0.2, -0.15) is 0 Å². The summed E-state index contributed by atoms with van der Waals surface area (Å²) in [4.78, 5) is 10.8. The van der Waals surface area contributed by atoms with Gasteiger partial charge < -0.3 is 5.11 Å². The van der Waals surface area contributed by atoms with E-state index in [-0.39, 0.29) is 11.5 Å². The van der Waals surface area contributed by atoms with Gasteiger partial charge >= 0.3 is 5.97 Å². The first kappa shape index (κ1) is 13.8. The van der Waals surface area contributed by atoms with Crippen LogP contribution in [0.1, 0.15) is 34.6 Å².